The summed E-state index contributed by atoms with van der Waals surface area (Å²) >= 11 is 0. The van der Waals surface area contributed by atoms with E-state index in [1.165, 1.54) is 19.2 Å². The topological polar surface area (TPSA) is 119 Å². The van der Waals surface area contributed by atoms with E-state index in [1.807, 2.05) is 49.4 Å². The van der Waals surface area contributed by atoms with Gasteiger partial charge < -0.3 is 9.63 Å². The average Bonchev–Trinajstić information content (AvgIpc) is 3.49. The highest BCUT2D eigenvalue weighted by Crippen LogP contribution is 2.39. The molecule has 40 heavy (non-hydrogen) atoms. The summed E-state index contributed by atoms with van der Waals surface area (Å²) in [7, 11) is 1.47. The zero-order chi connectivity index (χ0) is 28.1. The summed E-state index contributed by atoms with van der Waals surface area (Å²) in [5.41, 5.74) is 4.19. The molecule has 9 heteroatoms. The lowest BCUT2D eigenvalue weighted by Gasteiger charge is -2.27. The van der Waals surface area contributed by atoms with Crippen LogP contribution < -0.4 is 0 Å². The molecule has 3 aromatic carbocycles. The first-order valence-corrected chi connectivity index (χ1v) is 12.9. The van der Waals surface area contributed by atoms with Crippen LogP contribution >= 0.6 is 0 Å². The highest BCUT2D eigenvalue weighted by atomic mass is 16.5. The van der Waals surface area contributed by atoms with Crippen molar-refractivity contribution in [2.75, 3.05) is 7.05 Å². The van der Waals surface area contributed by atoms with E-state index < -0.39 is 17.8 Å². The van der Waals surface area contributed by atoms with Crippen LogP contribution in [0.15, 0.2) is 71.3 Å². The number of amides is 2. The van der Waals surface area contributed by atoms with Crippen LogP contribution in [0.3, 0.4) is 0 Å². The van der Waals surface area contributed by atoms with Crippen LogP contribution in [0.2, 0.25) is 0 Å². The van der Waals surface area contributed by atoms with Gasteiger partial charge in [-0.2, -0.15) is 5.10 Å². The van der Waals surface area contributed by atoms with Crippen molar-refractivity contribution in [1.82, 2.24) is 19.8 Å². The molecule has 2 amide bonds. The second-order valence-electron chi connectivity index (χ2n) is 10.1. The smallest absolute Gasteiger partial charge is 0.335 e. The summed E-state index contributed by atoms with van der Waals surface area (Å²) in [6.45, 7) is 3.92. The quantitative estimate of drug-likeness (QED) is 0.305. The number of fused-ring (bicyclic) bond motifs is 2. The Kier molecular flexibility index (Phi) is 6.06. The zero-order valence-corrected chi connectivity index (χ0v) is 22.2. The summed E-state index contributed by atoms with van der Waals surface area (Å²) in [4.78, 5) is 40.2. The Morgan fingerprint density at radius 3 is 2.52 bits per heavy atom. The second-order valence-corrected chi connectivity index (χ2v) is 10.1. The molecule has 0 fully saturated rings. The number of likely N-dealkylation sites (N-methyl/N-ethyl adjacent to an activating group) is 1. The van der Waals surface area contributed by atoms with Gasteiger partial charge in [0.15, 0.2) is 0 Å². The fraction of sp³-hybridized carbons (Fsp3) is 0.194. The normalized spacial score (nSPS) is 15.1. The van der Waals surface area contributed by atoms with Crippen LogP contribution in [0.25, 0.3) is 22.0 Å². The van der Waals surface area contributed by atoms with E-state index in [0.717, 1.165) is 26.8 Å². The number of nitrogens with zero attached hydrogens (tertiary/aromatic N) is 4. The van der Waals surface area contributed by atoms with Crippen LogP contribution in [-0.4, -0.2) is 49.8 Å². The van der Waals surface area contributed by atoms with Gasteiger partial charge >= 0.3 is 5.97 Å². The molecule has 1 unspecified atom stereocenters. The largest absolute Gasteiger partial charge is 0.478 e. The first kappa shape index (κ1) is 25.2. The van der Waals surface area contributed by atoms with E-state index in [1.54, 1.807) is 23.7 Å². The van der Waals surface area contributed by atoms with E-state index in [-0.39, 0.29) is 17.9 Å². The van der Waals surface area contributed by atoms with E-state index in [2.05, 4.69) is 5.16 Å². The molecule has 200 valence electrons. The predicted molar refractivity (Wildman–Crippen MR) is 147 cm³/mol. The molecule has 5 aromatic rings. The van der Waals surface area contributed by atoms with Crippen molar-refractivity contribution in [3.05, 3.63) is 106 Å². The standard InChI is InChI=1S/C31H26N4O5/c1-17-24(18(2)40-33-17)15-25-27-26(30(37)34(3)29(25)36)28(20-10-7-11-21(14-20)31(38)39)35(32-27)16-22-12-6-9-19-8-4-5-13-23(19)22/h4-14,25H,15-16H2,1-3H3,(H,38,39). The van der Waals surface area contributed by atoms with Gasteiger partial charge in [-0.1, -0.05) is 59.8 Å². The van der Waals surface area contributed by atoms with Gasteiger partial charge in [0.2, 0.25) is 5.91 Å². The molecule has 1 atom stereocenters. The number of hydrogen-bond acceptors (Lipinski definition) is 6. The maximum absolute atomic E-state index is 13.7. The molecule has 2 aromatic heterocycles. The fourth-order valence-electron chi connectivity index (χ4n) is 5.53. The van der Waals surface area contributed by atoms with Gasteiger partial charge in [-0.25, -0.2) is 4.79 Å². The van der Waals surface area contributed by atoms with Crippen molar-refractivity contribution < 1.29 is 24.0 Å². The molecule has 0 aliphatic carbocycles. The lowest BCUT2D eigenvalue weighted by Crippen LogP contribution is -2.42. The summed E-state index contributed by atoms with van der Waals surface area (Å²) in [6, 6.07) is 20.4. The third kappa shape index (κ3) is 4.07. The monoisotopic (exact) mass is 534 g/mol. The van der Waals surface area contributed by atoms with Crippen LogP contribution in [-0.2, 0) is 17.8 Å². The van der Waals surface area contributed by atoms with Gasteiger partial charge in [0.1, 0.15) is 5.76 Å². The molecule has 0 radical (unpaired) electrons. The van der Waals surface area contributed by atoms with Gasteiger partial charge in [0.05, 0.1) is 40.7 Å². The van der Waals surface area contributed by atoms with Gasteiger partial charge in [-0.3, -0.25) is 19.2 Å². The Morgan fingerprint density at radius 2 is 1.77 bits per heavy atom. The number of hydrogen-bond donors (Lipinski definition) is 1. The third-order valence-corrected chi connectivity index (χ3v) is 7.63. The molecule has 3 heterocycles. The summed E-state index contributed by atoms with van der Waals surface area (Å²) in [6.07, 6.45) is 0.268. The summed E-state index contributed by atoms with van der Waals surface area (Å²) in [5, 5.41) is 20.7. The van der Waals surface area contributed by atoms with Crippen molar-refractivity contribution in [2.45, 2.75) is 32.7 Å². The average molecular weight is 535 g/mol. The molecule has 1 N–H and O–H groups in total. The molecule has 0 spiro atoms. The van der Waals surface area contributed by atoms with E-state index in [0.29, 0.717) is 40.5 Å². The Bertz CT molecular complexity index is 1810. The van der Waals surface area contributed by atoms with Gasteiger partial charge in [0, 0.05) is 18.2 Å². The van der Waals surface area contributed by atoms with Crippen LogP contribution in [0, 0.1) is 13.8 Å². The first-order valence-electron chi connectivity index (χ1n) is 12.9. The maximum atomic E-state index is 13.7. The van der Waals surface area contributed by atoms with Crippen molar-refractivity contribution in [2.24, 2.45) is 0 Å². The maximum Gasteiger partial charge on any atom is 0.335 e. The minimum Gasteiger partial charge on any atom is -0.478 e. The number of imide groups is 1. The Morgan fingerprint density at radius 1 is 1.02 bits per heavy atom. The molecule has 1 aliphatic rings. The van der Waals surface area contributed by atoms with Gasteiger partial charge in [0.25, 0.3) is 5.91 Å². The third-order valence-electron chi connectivity index (χ3n) is 7.63. The van der Waals surface area contributed by atoms with Gasteiger partial charge in [-0.15, -0.1) is 0 Å². The number of carbonyl (C=O) groups is 3. The summed E-state index contributed by atoms with van der Waals surface area (Å²) in [5.74, 6) is -2.06. The highest BCUT2D eigenvalue weighted by molar-refractivity contribution is 6.14. The molecule has 1 aliphatic heterocycles. The number of benzene rings is 3. The number of aromatic nitrogens is 3. The molecule has 6 rings (SSSR count). The number of carbonyl (C=O) groups excluding carboxylic acids is 2. The molecule has 0 saturated carbocycles. The SMILES string of the molecule is Cc1noc(C)c1CC1C(=O)N(C)C(=O)c2c1nn(Cc1cccc3ccccc13)c2-c1cccc(C(=O)O)c1. The summed E-state index contributed by atoms with van der Waals surface area (Å²) < 4.78 is 7.06. The molecular formula is C31H26N4O5. The van der Waals surface area contributed by atoms with Crippen LogP contribution in [0.1, 0.15) is 54.9 Å². The van der Waals surface area contributed by atoms with Crippen LogP contribution in [0.4, 0.5) is 0 Å². The van der Waals surface area contributed by atoms with E-state index >= 15 is 0 Å². The Balaban J connectivity index is 1.59. The van der Waals surface area contributed by atoms with Crippen molar-refractivity contribution in [3.8, 4) is 11.3 Å². The predicted octanol–water partition coefficient (Wildman–Crippen LogP) is 4.99. The lowest BCUT2D eigenvalue weighted by atomic mass is 9.87. The zero-order valence-electron chi connectivity index (χ0n) is 22.2. The number of aromatic carboxylic acids is 1. The van der Waals surface area contributed by atoms with Crippen LogP contribution in [0.5, 0.6) is 0 Å². The van der Waals surface area contributed by atoms with Crippen molar-refractivity contribution in [3.63, 3.8) is 0 Å². The van der Waals surface area contributed by atoms with E-state index in [4.69, 9.17) is 9.62 Å². The molecule has 0 saturated heterocycles. The number of carboxylic acid groups (broad SMARTS) is 1. The minimum atomic E-state index is -1.08. The molecule has 0 bridgehead atoms. The Labute approximate surface area is 229 Å². The number of aryl methyl sites for hydroxylation is 2. The first-order chi connectivity index (χ1) is 19.2. The Hall–Kier alpha value is -5.05. The van der Waals surface area contributed by atoms with Crippen molar-refractivity contribution >= 4 is 28.6 Å². The second kappa shape index (κ2) is 9.60. The molecular weight excluding hydrogens is 508 g/mol. The molecule has 9 nitrogen and oxygen atoms in total. The highest BCUT2D eigenvalue weighted by Gasteiger charge is 2.43. The number of rotatable bonds is 6. The van der Waals surface area contributed by atoms with Crippen molar-refractivity contribution in [1.29, 1.82) is 0 Å². The lowest BCUT2D eigenvalue weighted by molar-refractivity contribution is -0.129. The minimum absolute atomic E-state index is 0.0871. The van der Waals surface area contributed by atoms with Gasteiger partial charge in [-0.05, 0) is 48.7 Å². The van der Waals surface area contributed by atoms with E-state index in [9.17, 15) is 19.5 Å². The number of carboxylic acids is 1. The fourth-order valence-corrected chi connectivity index (χ4v) is 5.53.